The van der Waals surface area contributed by atoms with Gasteiger partial charge in [0, 0.05) is 18.3 Å². The molecule has 0 aromatic carbocycles. The van der Waals surface area contributed by atoms with Crippen LogP contribution in [0.1, 0.15) is 22.5 Å². The number of carbonyl (C=O) groups is 1. The van der Waals surface area contributed by atoms with Crippen LogP contribution in [0.3, 0.4) is 0 Å². The Bertz CT molecular complexity index is 354. The van der Waals surface area contributed by atoms with Gasteiger partial charge in [0.25, 0.3) is 0 Å². The van der Waals surface area contributed by atoms with Gasteiger partial charge in [-0.15, -0.1) is 0 Å². The molecule has 2 heterocycles. The van der Waals surface area contributed by atoms with Crippen molar-refractivity contribution >= 4 is 11.9 Å². The first-order valence-electron chi connectivity index (χ1n) is 4.71. The van der Waals surface area contributed by atoms with Crippen molar-refractivity contribution in [2.75, 3.05) is 13.1 Å². The third kappa shape index (κ3) is 1.88. The van der Waals surface area contributed by atoms with Crippen LogP contribution >= 0.6 is 0 Å². The average Bonchev–Trinajstić information content (AvgIpc) is 2.30. The van der Waals surface area contributed by atoms with Crippen molar-refractivity contribution in [3.63, 3.8) is 0 Å². The maximum absolute atomic E-state index is 10.4. The number of aldehydes is 1. The van der Waals surface area contributed by atoms with Crippen LogP contribution in [0.15, 0.2) is 24.4 Å². The van der Waals surface area contributed by atoms with Crippen molar-refractivity contribution in [2.45, 2.75) is 6.42 Å². The van der Waals surface area contributed by atoms with E-state index in [2.05, 4.69) is 16.4 Å². The highest BCUT2D eigenvalue weighted by Gasteiger charge is 2.06. The molecule has 1 aromatic rings. The van der Waals surface area contributed by atoms with E-state index in [0.717, 1.165) is 31.5 Å². The van der Waals surface area contributed by atoms with Crippen molar-refractivity contribution in [3.8, 4) is 0 Å². The zero-order valence-corrected chi connectivity index (χ0v) is 7.86. The van der Waals surface area contributed by atoms with Crippen molar-refractivity contribution in [3.05, 3.63) is 35.7 Å². The summed E-state index contributed by atoms with van der Waals surface area (Å²) >= 11 is 0. The van der Waals surface area contributed by atoms with Gasteiger partial charge in [-0.1, -0.05) is 6.08 Å². The highest BCUT2D eigenvalue weighted by molar-refractivity contribution is 5.75. The van der Waals surface area contributed by atoms with Gasteiger partial charge in [-0.05, 0) is 30.7 Å². The quantitative estimate of drug-likeness (QED) is 0.711. The summed E-state index contributed by atoms with van der Waals surface area (Å²) in [5.41, 5.74) is 2.88. The van der Waals surface area contributed by atoms with E-state index in [0.29, 0.717) is 5.56 Å². The molecule has 1 aliphatic rings. The molecule has 72 valence electrons. The minimum atomic E-state index is 0.628. The van der Waals surface area contributed by atoms with Gasteiger partial charge < -0.3 is 5.32 Å². The highest BCUT2D eigenvalue weighted by atomic mass is 16.1. The lowest BCUT2D eigenvalue weighted by Gasteiger charge is -2.13. The first-order chi connectivity index (χ1) is 6.90. The minimum Gasteiger partial charge on any atom is -0.313 e. The van der Waals surface area contributed by atoms with Crippen LogP contribution in [0.25, 0.3) is 5.57 Å². The lowest BCUT2D eigenvalue weighted by atomic mass is 10.1. The maximum Gasteiger partial charge on any atom is 0.151 e. The number of hydrogen-bond donors (Lipinski definition) is 1. The molecule has 1 aromatic heterocycles. The van der Waals surface area contributed by atoms with Crippen molar-refractivity contribution in [1.82, 2.24) is 10.3 Å². The minimum absolute atomic E-state index is 0.628. The highest BCUT2D eigenvalue weighted by Crippen LogP contribution is 2.16. The van der Waals surface area contributed by atoms with Crippen LogP contribution in [-0.4, -0.2) is 24.4 Å². The van der Waals surface area contributed by atoms with E-state index in [9.17, 15) is 4.79 Å². The zero-order valence-electron chi connectivity index (χ0n) is 7.86. The summed E-state index contributed by atoms with van der Waals surface area (Å²) < 4.78 is 0. The molecule has 0 unspecified atom stereocenters. The normalized spacial score (nSPS) is 16.1. The SMILES string of the molecule is O=Cc1ccc(C2=CCNCC2)nc1. The molecule has 3 heteroatoms. The van der Waals surface area contributed by atoms with Crippen LogP contribution in [-0.2, 0) is 0 Å². The smallest absolute Gasteiger partial charge is 0.151 e. The van der Waals surface area contributed by atoms with Crippen LogP contribution < -0.4 is 5.32 Å². The van der Waals surface area contributed by atoms with Crippen LogP contribution in [0.5, 0.6) is 0 Å². The van der Waals surface area contributed by atoms with Crippen LogP contribution in [0, 0.1) is 0 Å². The summed E-state index contributed by atoms with van der Waals surface area (Å²) in [6.45, 7) is 1.91. The molecular formula is C11H12N2O. The van der Waals surface area contributed by atoms with Gasteiger partial charge in [-0.3, -0.25) is 9.78 Å². The summed E-state index contributed by atoms with van der Waals surface area (Å²) in [5.74, 6) is 0. The number of aromatic nitrogens is 1. The number of nitrogens with zero attached hydrogens (tertiary/aromatic N) is 1. The monoisotopic (exact) mass is 188 g/mol. The molecule has 1 aliphatic heterocycles. The fourth-order valence-electron chi connectivity index (χ4n) is 1.52. The number of rotatable bonds is 2. The Kier molecular flexibility index (Phi) is 2.70. The van der Waals surface area contributed by atoms with E-state index in [1.54, 1.807) is 12.3 Å². The summed E-state index contributed by atoms with van der Waals surface area (Å²) in [6.07, 6.45) is 5.58. The topological polar surface area (TPSA) is 42.0 Å². The van der Waals surface area contributed by atoms with Crippen molar-refractivity contribution in [1.29, 1.82) is 0 Å². The average molecular weight is 188 g/mol. The Balaban J connectivity index is 2.23. The maximum atomic E-state index is 10.4. The Morgan fingerprint density at radius 2 is 2.36 bits per heavy atom. The number of carbonyl (C=O) groups excluding carboxylic acids is 1. The Hall–Kier alpha value is -1.48. The van der Waals surface area contributed by atoms with Crippen molar-refractivity contribution < 1.29 is 4.79 Å². The fourth-order valence-corrected chi connectivity index (χ4v) is 1.52. The molecule has 0 atom stereocenters. The fraction of sp³-hybridized carbons (Fsp3) is 0.273. The van der Waals surface area contributed by atoms with E-state index in [-0.39, 0.29) is 0 Å². The van der Waals surface area contributed by atoms with Gasteiger partial charge in [-0.25, -0.2) is 0 Å². The molecule has 14 heavy (non-hydrogen) atoms. The lowest BCUT2D eigenvalue weighted by Crippen LogP contribution is -2.20. The predicted molar refractivity (Wildman–Crippen MR) is 55.1 cm³/mol. The number of nitrogens with one attached hydrogen (secondary N) is 1. The molecule has 0 saturated carbocycles. The molecule has 0 radical (unpaired) electrons. The number of pyridine rings is 1. The lowest BCUT2D eigenvalue weighted by molar-refractivity contribution is 0.112. The molecule has 0 amide bonds. The van der Waals surface area contributed by atoms with E-state index < -0.39 is 0 Å². The summed E-state index contributed by atoms with van der Waals surface area (Å²) in [7, 11) is 0. The Morgan fingerprint density at radius 1 is 1.43 bits per heavy atom. The second kappa shape index (κ2) is 4.15. The third-order valence-electron chi connectivity index (χ3n) is 2.32. The van der Waals surface area contributed by atoms with E-state index in [1.807, 2.05) is 6.07 Å². The molecule has 1 N–H and O–H groups in total. The molecule has 3 nitrogen and oxygen atoms in total. The van der Waals surface area contributed by atoms with Gasteiger partial charge in [-0.2, -0.15) is 0 Å². The van der Waals surface area contributed by atoms with E-state index in [4.69, 9.17) is 0 Å². The Morgan fingerprint density at radius 3 is 2.93 bits per heavy atom. The van der Waals surface area contributed by atoms with Gasteiger partial charge in [0.2, 0.25) is 0 Å². The molecule has 0 bridgehead atoms. The molecule has 0 aliphatic carbocycles. The molecule has 0 saturated heterocycles. The van der Waals surface area contributed by atoms with Gasteiger partial charge in [0.05, 0.1) is 5.69 Å². The van der Waals surface area contributed by atoms with E-state index >= 15 is 0 Å². The molecule has 0 fully saturated rings. The van der Waals surface area contributed by atoms with E-state index in [1.165, 1.54) is 5.57 Å². The molecular weight excluding hydrogens is 176 g/mol. The van der Waals surface area contributed by atoms with Crippen molar-refractivity contribution in [2.24, 2.45) is 0 Å². The van der Waals surface area contributed by atoms with Gasteiger partial charge >= 0.3 is 0 Å². The zero-order chi connectivity index (χ0) is 9.80. The second-order valence-electron chi connectivity index (χ2n) is 3.28. The summed E-state index contributed by atoms with van der Waals surface area (Å²) in [4.78, 5) is 14.7. The molecule has 0 spiro atoms. The summed E-state index contributed by atoms with van der Waals surface area (Å²) in [6, 6.07) is 3.71. The van der Waals surface area contributed by atoms with Gasteiger partial charge in [0.15, 0.2) is 6.29 Å². The first kappa shape index (κ1) is 9.09. The number of hydrogen-bond acceptors (Lipinski definition) is 3. The largest absolute Gasteiger partial charge is 0.313 e. The van der Waals surface area contributed by atoms with Crippen LogP contribution in [0.4, 0.5) is 0 Å². The standard InChI is InChI=1S/C11H12N2O/c14-8-9-1-2-11(13-7-9)10-3-5-12-6-4-10/h1-3,7-8,12H,4-6H2. The first-order valence-corrected chi connectivity index (χ1v) is 4.71. The summed E-state index contributed by atoms with van der Waals surface area (Å²) in [5, 5.41) is 3.25. The van der Waals surface area contributed by atoms with Gasteiger partial charge in [0.1, 0.15) is 0 Å². The second-order valence-corrected chi connectivity index (χ2v) is 3.28. The predicted octanol–water partition coefficient (Wildman–Crippen LogP) is 1.27. The Labute approximate surface area is 82.9 Å². The molecule has 2 rings (SSSR count). The third-order valence-corrected chi connectivity index (χ3v) is 2.32. The van der Waals surface area contributed by atoms with Crippen LogP contribution in [0.2, 0.25) is 0 Å².